The minimum absolute atomic E-state index is 0.520. The van der Waals surface area contributed by atoms with E-state index in [2.05, 4.69) is 10.3 Å². The van der Waals surface area contributed by atoms with Crippen molar-refractivity contribution in [2.45, 2.75) is 25.3 Å². The summed E-state index contributed by atoms with van der Waals surface area (Å²) in [5, 5.41) is 7.59. The van der Waals surface area contributed by atoms with Crippen molar-refractivity contribution in [3.8, 4) is 0 Å². The third-order valence-electron chi connectivity index (χ3n) is 1.98. The van der Waals surface area contributed by atoms with Crippen LogP contribution >= 0.6 is 0 Å². The van der Waals surface area contributed by atoms with E-state index in [1.807, 2.05) is 4.68 Å². The van der Waals surface area contributed by atoms with Crippen molar-refractivity contribution in [1.82, 2.24) is 15.0 Å². The van der Waals surface area contributed by atoms with Gasteiger partial charge in [-0.05, 0) is 19.3 Å². The summed E-state index contributed by atoms with van der Waals surface area (Å²) in [6, 6.07) is 0.574. The predicted octanol–water partition coefficient (Wildman–Crippen LogP) is 0.585. The van der Waals surface area contributed by atoms with Crippen LogP contribution in [0.25, 0.3) is 0 Å². The van der Waals surface area contributed by atoms with E-state index in [-0.39, 0.29) is 0 Å². The highest BCUT2D eigenvalue weighted by Crippen LogP contribution is 2.30. The quantitative estimate of drug-likeness (QED) is 0.617. The van der Waals surface area contributed by atoms with Crippen LogP contribution in [0.1, 0.15) is 25.3 Å². The van der Waals surface area contributed by atoms with Crippen LogP contribution in [0, 0.1) is 0 Å². The van der Waals surface area contributed by atoms with Crippen molar-refractivity contribution >= 4 is 5.82 Å². The van der Waals surface area contributed by atoms with Gasteiger partial charge in [0.1, 0.15) is 0 Å². The van der Waals surface area contributed by atoms with Gasteiger partial charge in [0.2, 0.25) is 0 Å². The molecule has 1 heterocycles. The van der Waals surface area contributed by atoms with Crippen LogP contribution in [0.2, 0.25) is 0 Å². The lowest BCUT2D eigenvalue weighted by Gasteiger charge is -2.24. The second kappa shape index (κ2) is 1.97. The fourth-order valence-electron chi connectivity index (χ4n) is 1.12. The van der Waals surface area contributed by atoms with Crippen molar-refractivity contribution in [3.05, 3.63) is 6.20 Å². The van der Waals surface area contributed by atoms with Gasteiger partial charge in [0.25, 0.3) is 0 Å². The Morgan fingerprint density at radius 3 is 2.80 bits per heavy atom. The first-order valence-corrected chi connectivity index (χ1v) is 3.53. The molecule has 1 fully saturated rings. The van der Waals surface area contributed by atoms with E-state index >= 15 is 0 Å². The van der Waals surface area contributed by atoms with Gasteiger partial charge in [0, 0.05) is 0 Å². The summed E-state index contributed by atoms with van der Waals surface area (Å²) >= 11 is 0. The molecule has 1 aliphatic rings. The van der Waals surface area contributed by atoms with Crippen molar-refractivity contribution in [2.75, 3.05) is 5.73 Å². The maximum atomic E-state index is 5.40. The Labute approximate surface area is 59.0 Å². The van der Waals surface area contributed by atoms with Crippen LogP contribution < -0.4 is 5.73 Å². The maximum absolute atomic E-state index is 5.40. The van der Waals surface area contributed by atoms with Crippen molar-refractivity contribution in [2.24, 2.45) is 0 Å². The van der Waals surface area contributed by atoms with Gasteiger partial charge in [-0.3, -0.25) is 0 Å². The number of aromatic nitrogens is 3. The van der Waals surface area contributed by atoms with E-state index in [4.69, 9.17) is 5.73 Å². The summed E-state index contributed by atoms with van der Waals surface area (Å²) in [5.41, 5.74) is 5.40. The Kier molecular flexibility index (Phi) is 1.12. The molecule has 0 bridgehead atoms. The Morgan fingerprint density at radius 2 is 2.40 bits per heavy atom. The zero-order valence-electron chi connectivity index (χ0n) is 5.70. The second-order valence-electron chi connectivity index (χ2n) is 2.71. The van der Waals surface area contributed by atoms with Gasteiger partial charge in [-0.2, -0.15) is 0 Å². The summed E-state index contributed by atoms with van der Waals surface area (Å²) in [6.45, 7) is 0. The van der Waals surface area contributed by atoms with Gasteiger partial charge in [0.05, 0.1) is 12.2 Å². The average Bonchev–Trinajstić information content (AvgIpc) is 2.10. The largest absolute Gasteiger partial charge is 0.381 e. The van der Waals surface area contributed by atoms with Crippen LogP contribution in [-0.4, -0.2) is 15.0 Å². The zero-order chi connectivity index (χ0) is 6.97. The number of hydrogen-bond donors (Lipinski definition) is 1. The first-order valence-electron chi connectivity index (χ1n) is 3.53. The number of rotatable bonds is 1. The lowest BCUT2D eigenvalue weighted by Crippen LogP contribution is -2.17. The molecular weight excluding hydrogens is 128 g/mol. The van der Waals surface area contributed by atoms with Crippen molar-refractivity contribution in [3.63, 3.8) is 0 Å². The van der Waals surface area contributed by atoms with Gasteiger partial charge in [-0.25, -0.2) is 4.68 Å². The van der Waals surface area contributed by atoms with E-state index in [1.54, 1.807) is 6.20 Å². The average molecular weight is 138 g/mol. The van der Waals surface area contributed by atoms with Crippen LogP contribution in [0.5, 0.6) is 0 Å². The second-order valence-corrected chi connectivity index (χ2v) is 2.71. The lowest BCUT2D eigenvalue weighted by atomic mass is 9.93. The van der Waals surface area contributed by atoms with Crippen molar-refractivity contribution in [1.29, 1.82) is 0 Å². The molecule has 0 atom stereocenters. The molecule has 1 aromatic rings. The summed E-state index contributed by atoms with van der Waals surface area (Å²) < 4.78 is 1.86. The SMILES string of the molecule is Nc1cn(C2CCC2)nn1. The van der Waals surface area contributed by atoms with E-state index in [0.29, 0.717) is 11.9 Å². The zero-order valence-corrected chi connectivity index (χ0v) is 5.70. The summed E-state index contributed by atoms with van der Waals surface area (Å²) in [5.74, 6) is 0.520. The van der Waals surface area contributed by atoms with E-state index in [0.717, 1.165) is 0 Å². The standard InChI is InChI=1S/C6H10N4/c7-6-4-10(9-8-6)5-2-1-3-5/h4-5H,1-3,7H2. The summed E-state index contributed by atoms with van der Waals surface area (Å²) in [6.07, 6.45) is 5.56. The van der Waals surface area contributed by atoms with E-state index in [9.17, 15) is 0 Å². The van der Waals surface area contributed by atoms with Gasteiger partial charge < -0.3 is 5.73 Å². The van der Waals surface area contributed by atoms with E-state index < -0.39 is 0 Å². The molecule has 0 aliphatic heterocycles. The summed E-state index contributed by atoms with van der Waals surface area (Å²) in [7, 11) is 0. The molecule has 2 N–H and O–H groups in total. The number of nitrogens with zero attached hydrogens (tertiary/aromatic N) is 3. The molecule has 4 nitrogen and oxygen atoms in total. The molecule has 0 radical (unpaired) electrons. The number of hydrogen-bond acceptors (Lipinski definition) is 3. The fraction of sp³-hybridized carbons (Fsp3) is 0.667. The molecule has 1 aliphatic carbocycles. The molecule has 1 saturated carbocycles. The highest BCUT2D eigenvalue weighted by molar-refractivity contribution is 5.20. The van der Waals surface area contributed by atoms with Crippen molar-refractivity contribution < 1.29 is 0 Å². The number of nitrogen functional groups attached to an aromatic ring is 1. The molecule has 2 rings (SSSR count). The van der Waals surface area contributed by atoms with Gasteiger partial charge >= 0.3 is 0 Å². The Morgan fingerprint density at radius 1 is 1.60 bits per heavy atom. The number of anilines is 1. The van der Waals surface area contributed by atoms with Gasteiger partial charge in [-0.1, -0.05) is 5.21 Å². The first kappa shape index (κ1) is 5.70. The molecule has 0 saturated heterocycles. The molecule has 4 heteroatoms. The maximum Gasteiger partial charge on any atom is 0.165 e. The van der Waals surface area contributed by atoms with Gasteiger partial charge in [0.15, 0.2) is 5.82 Å². The van der Waals surface area contributed by atoms with Crippen LogP contribution in [0.15, 0.2) is 6.20 Å². The highest BCUT2D eigenvalue weighted by Gasteiger charge is 2.19. The normalized spacial score (nSPS) is 18.8. The molecular formula is C6H10N4. The molecule has 10 heavy (non-hydrogen) atoms. The van der Waals surface area contributed by atoms with Crippen LogP contribution in [0.4, 0.5) is 5.82 Å². The molecule has 1 aromatic heterocycles. The smallest absolute Gasteiger partial charge is 0.165 e. The Bertz CT molecular complexity index is 225. The molecule has 0 spiro atoms. The first-order chi connectivity index (χ1) is 4.86. The molecule has 54 valence electrons. The van der Waals surface area contributed by atoms with E-state index in [1.165, 1.54) is 19.3 Å². The number of nitrogens with two attached hydrogens (primary N) is 1. The topological polar surface area (TPSA) is 56.7 Å². The Balaban J connectivity index is 2.17. The molecule has 0 aromatic carbocycles. The molecule has 0 unspecified atom stereocenters. The monoisotopic (exact) mass is 138 g/mol. The van der Waals surface area contributed by atoms with Crippen LogP contribution in [-0.2, 0) is 0 Å². The minimum atomic E-state index is 0.520. The molecule has 0 amide bonds. The highest BCUT2D eigenvalue weighted by atomic mass is 15.4. The minimum Gasteiger partial charge on any atom is -0.381 e. The Hall–Kier alpha value is -1.06. The fourth-order valence-corrected chi connectivity index (χ4v) is 1.12. The van der Waals surface area contributed by atoms with Gasteiger partial charge in [-0.15, -0.1) is 5.10 Å². The summed E-state index contributed by atoms with van der Waals surface area (Å²) in [4.78, 5) is 0. The van der Waals surface area contributed by atoms with Crippen LogP contribution in [0.3, 0.4) is 0 Å². The lowest BCUT2D eigenvalue weighted by molar-refractivity contribution is 0.284. The third kappa shape index (κ3) is 0.761. The third-order valence-corrected chi connectivity index (χ3v) is 1.98. The predicted molar refractivity (Wildman–Crippen MR) is 37.3 cm³/mol.